The highest BCUT2D eigenvalue weighted by Crippen LogP contribution is 2.24. The van der Waals surface area contributed by atoms with Crippen molar-refractivity contribution in [2.75, 3.05) is 13.7 Å². The van der Waals surface area contributed by atoms with Gasteiger partial charge in [0.05, 0.1) is 7.11 Å². The van der Waals surface area contributed by atoms with Crippen LogP contribution in [0.15, 0.2) is 40.2 Å². The molecule has 0 amide bonds. The van der Waals surface area contributed by atoms with Crippen LogP contribution in [-0.2, 0) is 13.1 Å². The van der Waals surface area contributed by atoms with Crippen LogP contribution in [0.3, 0.4) is 0 Å². The van der Waals surface area contributed by atoms with Gasteiger partial charge in [-0.3, -0.25) is 4.90 Å². The normalized spacial score (nSPS) is 10.9. The highest BCUT2D eigenvalue weighted by molar-refractivity contribution is 9.10. The van der Waals surface area contributed by atoms with Gasteiger partial charge in [0, 0.05) is 22.4 Å². The Hall–Kier alpha value is -0.840. The fraction of sp³-hybridized carbons (Fsp3) is 0.333. The van der Waals surface area contributed by atoms with E-state index in [1.807, 2.05) is 12.1 Å². The van der Waals surface area contributed by atoms with Crippen molar-refractivity contribution in [1.82, 2.24) is 4.90 Å². The molecule has 0 saturated heterocycles. The van der Waals surface area contributed by atoms with E-state index < -0.39 is 0 Å². The lowest BCUT2D eigenvalue weighted by Crippen LogP contribution is -2.21. The van der Waals surface area contributed by atoms with Crippen molar-refractivity contribution in [2.24, 2.45) is 0 Å². The molecule has 0 saturated carbocycles. The van der Waals surface area contributed by atoms with E-state index in [-0.39, 0.29) is 0 Å². The molecule has 0 radical (unpaired) electrons. The molecule has 1 aromatic heterocycles. The Bertz CT molecular complexity index is 509. The third kappa shape index (κ3) is 4.06. The standard InChI is InChI=1S/C15H18BrNOS/c1-3-17(11-15-14(16)8-9-19-15)10-12-4-6-13(18-2)7-5-12/h4-9H,3,10-11H2,1-2H3. The predicted octanol–water partition coefficient (Wildman–Crippen LogP) is 4.54. The minimum Gasteiger partial charge on any atom is -0.497 e. The Kier molecular flexibility index (Phi) is 5.43. The van der Waals surface area contributed by atoms with E-state index in [0.29, 0.717) is 0 Å². The van der Waals surface area contributed by atoms with Gasteiger partial charge in [0.15, 0.2) is 0 Å². The molecular weight excluding hydrogens is 322 g/mol. The van der Waals surface area contributed by atoms with Crippen LogP contribution in [0.1, 0.15) is 17.4 Å². The minimum absolute atomic E-state index is 0.910. The molecule has 19 heavy (non-hydrogen) atoms. The number of ether oxygens (including phenoxy) is 1. The monoisotopic (exact) mass is 339 g/mol. The maximum absolute atomic E-state index is 5.18. The Morgan fingerprint density at radius 3 is 2.42 bits per heavy atom. The predicted molar refractivity (Wildman–Crippen MR) is 84.8 cm³/mol. The van der Waals surface area contributed by atoms with Gasteiger partial charge in [-0.15, -0.1) is 11.3 Å². The molecule has 0 aliphatic heterocycles. The second kappa shape index (κ2) is 7.08. The summed E-state index contributed by atoms with van der Waals surface area (Å²) >= 11 is 5.40. The molecular formula is C15H18BrNOS. The third-order valence-electron chi connectivity index (χ3n) is 3.07. The van der Waals surface area contributed by atoms with Crippen LogP contribution in [0.2, 0.25) is 0 Å². The number of hydrogen-bond donors (Lipinski definition) is 0. The zero-order valence-corrected chi connectivity index (χ0v) is 13.6. The summed E-state index contributed by atoms with van der Waals surface area (Å²) < 4.78 is 6.40. The molecule has 0 aliphatic rings. The van der Waals surface area contributed by atoms with Crippen LogP contribution in [0.4, 0.5) is 0 Å². The van der Waals surface area contributed by atoms with E-state index >= 15 is 0 Å². The van der Waals surface area contributed by atoms with Gasteiger partial charge in [0.2, 0.25) is 0 Å². The van der Waals surface area contributed by atoms with Crippen molar-refractivity contribution in [1.29, 1.82) is 0 Å². The average molecular weight is 340 g/mol. The summed E-state index contributed by atoms with van der Waals surface area (Å²) in [7, 11) is 1.70. The SMILES string of the molecule is CCN(Cc1ccc(OC)cc1)Cc1sccc1Br. The molecule has 1 aromatic carbocycles. The van der Waals surface area contributed by atoms with E-state index in [0.717, 1.165) is 25.4 Å². The average Bonchev–Trinajstić information content (AvgIpc) is 2.84. The molecule has 0 aliphatic carbocycles. The molecule has 2 nitrogen and oxygen atoms in total. The highest BCUT2D eigenvalue weighted by atomic mass is 79.9. The van der Waals surface area contributed by atoms with E-state index in [4.69, 9.17) is 4.74 Å². The first-order valence-electron chi connectivity index (χ1n) is 6.30. The Labute approximate surface area is 127 Å². The summed E-state index contributed by atoms with van der Waals surface area (Å²) in [6, 6.07) is 10.4. The fourth-order valence-electron chi connectivity index (χ4n) is 1.91. The summed E-state index contributed by atoms with van der Waals surface area (Å²) in [6.07, 6.45) is 0. The first-order chi connectivity index (χ1) is 9.22. The topological polar surface area (TPSA) is 12.5 Å². The summed E-state index contributed by atoms with van der Waals surface area (Å²) in [6.45, 7) is 5.19. The second-order valence-electron chi connectivity index (χ2n) is 4.34. The first kappa shape index (κ1) is 14.6. The maximum atomic E-state index is 5.18. The van der Waals surface area contributed by atoms with Crippen LogP contribution < -0.4 is 4.74 Å². The fourth-order valence-corrected chi connectivity index (χ4v) is 3.43. The lowest BCUT2D eigenvalue weighted by atomic mass is 10.2. The third-order valence-corrected chi connectivity index (χ3v) is 4.98. The van der Waals surface area contributed by atoms with Gasteiger partial charge in [0.1, 0.15) is 5.75 Å². The number of methoxy groups -OCH3 is 1. The van der Waals surface area contributed by atoms with E-state index in [9.17, 15) is 0 Å². The largest absolute Gasteiger partial charge is 0.497 e. The van der Waals surface area contributed by atoms with Gasteiger partial charge < -0.3 is 4.74 Å². The van der Waals surface area contributed by atoms with E-state index in [1.54, 1.807) is 18.4 Å². The van der Waals surface area contributed by atoms with E-state index in [1.165, 1.54) is 14.9 Å². The lowest BCUT2D eigenvalue weighted by Gasteiger charge is -2.20. The van der Waals surface area contributed by atoms with Crippen molar-refractivity contribution in [3.8, 4) is 5.75 Å². The van der Waals surface area contributed by atoms with Gasteiger partial charge in [-0.05, 0) is 51.6 Å². The number of thiophene rings is 1. The zero-order chi connectivity index (χ0) is 13.7. The molecule has 0 spiro atoms. The highest BCUT2D eigenvalue weighted by Gasteiger charge is 2.08. The van der Waals surface area contributed by atoms with Crippen LogP contribution in [0, 0.1) is 0 Å². The quantitative estimate of drug-likeness (QED) is 0.765. The summed E-state index contributed by atoms with van der Waals surface area (Å²) in [5.41, 5.74) is 1.32. The summed E-state index contributed by atoms with van der Waals surface area (Å²) in [4.78, 5) is 3.81. The van der Waals surface area contributed by atoms with Crippen LogP contribution in [0.25, 0.3) is 0 Å². The summed E-state index contributed by atoms with van der Waals surface area (Å²) in [5.74, 6) is 0.910. The number of benzene rings is 1. The number of halogens is 1. The molecule has 2 aromatic rings. The Balaban J connectivity index is 2.00. The summed E-state index contributed by atoms with van der Waals surface area (Å²) in [5, 5.41) is 2.13. The number of nitrogens with zero attached hydrogens (tertiary/aromatic N) is 1. The molecule has 0 unspecified atom stereocenters. The van der Waals surface area contributed by atoms with Crippen molar-refractivity contribution >= 4 is 27.3 Å². The smallest absolute Gasteiger partial charge is 0.118 e. The van der Waals surface area contributed by atoms with Crippen molar-refractivity contribution < 1.29 is 4.74 Å². The minimum atomic E-state index is 0.910. The molecule has 0 fully saturated rings. The molecule has 102 valence electrons. The molecule has 0 N–H and O–H groups in total. The maximum Gasteiger partial charge on any atom is 0.118 e. The Morgan fingerprint density at radius 2 is 1.89 bits per heavy atom. The molecule has 2 rings (SSSR count). The number of rotatable bonds is 6. The Morgan fingerprint density at radius 1 is 1.16 bits per heavy atom. The zero-order valence-electron chi connectivity index (χ0n) is 11.2. The van der Waals surface area contributed by atoms with Gasteiger partial charge in [0.25, 0.3) is 0 Å². The van der Waals surface area contributed by atoms with Crippen LogP contribution >= 0.6 is 27.3 Å². The van der Waals surface area contributed by atoms with Crippen molar-refractivity contribution in [2.45, 2.75) is 20.0 Å². The van der Waals surface area contributed by atoms with Gasteiger partial charge in [-0.1, -0.05) is 19.1 Å². The molecule has 0 atom stereocenters. The molecule has 1 heterocycles. The van der Waals surface area contributed by atoms with Crippen molar-refractivity contribution in [3.05, 3.63) is 50.6 Å². The van der Waals surface area contributed by atoms with Gasteiger partial charge in [-0.25, -0.2) is 0 Å². The van der Waals surface area contributed by atoms with Gasteiger partial charge in [-0.2, -0.15) is 0 Å². The number of hydrogen-bond acceptors (Lipinski definition) is 3. The molecule has 0 bridgehead atoms. The van der Waals surface area contributed by atoms with E-state index in [2.05, 4.69) is 51.3 Å². The lowest BCUT2D eigenvalue weighted by molar-refractivity contribution is 0.273. The van der Waals surface area contributed by atoms with Gasteiger partial charge >= 0.3 is 0 Å². The van der Waals surface area contributed by atoms with Crippen LogP contribution in [-0.4, -0.2) is 18.6 Å². The second-order valence-corrected chi connectivity index (χ2v) is 6.20. The van der Waals surface area contributed by atoms with Crippen LogP contribution in [0.5, 0.6) is 5.75 Å². The van der Waals surface area contributed by atoms with Crippen molar-refractivity contribution in [3.63, 3.8) is 0 Å². The first-order valence-corrected chi connectivity index (χ1v) is 7.97. The molecule has 4 heteroatoms.